The van der Waals surface area contributed by atoms with Crippen LogP contribution in [-0.2, 0) is 16.0 Å². The molecule has 124 valence electrons. The molecule has 24 heavy (non-hydrogen) atoms. The quantitative estimate of drug-likeness (QED) is 0.294. The zero-order chi connectivity index (χ0) is 17.4. The van der Waals surface area contributed by atoms with Gasteiger partial charge in [-0.05, 0) is 62.1 Å². The van der Waals surface area contributed by atoms with Gasteiger partial charge in [0.25, 0.3) is 0 Å². The Labute approximate surface area is 142 Å². The van der Waals surface area contributed by atoms with Gasteiger partial charge in [0.2, 0.25) is 0 Å². The first-order valence-corrected chi connectivity index (χ1v) is 7.95. The Morgan fingerprint density at radius 1 is 1.08 bits per heavy atom. The molecule has 0 aromatic heterocycles. The minimum atomic E-state index is -0.336. The van der Waals surface area contributed by atoms with Crippen LogP contribution < -0.4 is 0 Å². The van der Waals surface area contributed by atoms with Crippen molar-refractivity contribution < 1.29 is 9.53 Å². The predicted octanol–water partition coefficient (Wildman–Crippen LogP) is 5.46. The summed E-state index contributed by atoms with van der Waals surface area (Å²) in [5.41, 5.74) is 4.45. The molecule has 0 spiro atoms. The van der Waals surface area contributed by atoms with E-state index < -0.39 is 0 Å². The Balaban J connectivity index is 1.94. The molecule has 0 aliphatic rings. The Bertz CT molecular complexity index is 737. The highest BCUT2D eigenvalue weighted by Crippen LogP contribution is 2.22. The second-order valence-electron chi connectivity index (χ2n) is 5.67. The molecule has 0 unspecified atom stereocenters. The van der Waals surface area contributed by atoms with Crippen LogP contribution in [-0.4, -0.2) is 12.6 Å². The molecule has 0 saturated carbocycles. The lowest BCUT2D eigenvalue weighted by molar-refractivity contribution is -0.139. The van der Waals surface area contributed by atoms with Crippen LogP contribution in [0.25, 0.3) is 0 Å². The third kappa shape index (κ3) is 5.47. The second-order valence-corrected chi connectivity index (χ2v) is 5.67. The summed E-state index contributed by atoms with van der Waals surface area (Å²) < 4.78 is 5.12. The summed E-state index contributed by atoms with van der Waals surface area (Å²) in [5, 5.41) is 8.52. The minimum absolute atomic E-state index is 0.336. The van der Waals surface area contributed by atoms with Crippen molar-refractivity contribution in [1.29, 1.82) is 0 Å². The number of azo groups is 1. The smallest absolute Gasteiger partial charge is 0.333 e. The molecule has 0 N–H and O–H groups in total. The molecule has 2 aromatic rings. The van der Waals surface area contributed by atoms with Gasteiger partial charge in [0.1, 0.15) is 0 Å². The number of benzene rings is 2. The van der Waals surface area contributed by atoms with Crippen LogP contribution in [0.1, 0.15) is 24.5 Å². The van der Waals surface area contributed by atoms with E-state index in [1.807, 2.05) is 48.5 Å². The normalized spacial score (nSPS) is 10.8. The van der Waals surface area contributed by atoms with Crippen molar-refractivity contribution in [1.82, 2.24) is 0 Å². The van der Waals surface area contributed by atoms with Crippen molar-refractivity contribution in [3.05, 3.63) is 71.8 Å². The van der Waals surface area contributed by atoms with Crippen molar-refractivity contribution in [3.8, 4) is 0 Å². The number of carbonyl (C=O) groups is 1. The maximum absolute atomic E-state index is 11.3. The number of esters is 1. The Morgan fingerprint density at radius 3 is 2.50 bits per heavy atom. The number of hydrogen-bond acceptors (Lipinski definition) is 4. The van der Waals surface area contributed by atoms with Gasteiger partial charge < -0.3 is 4.74 Å². The van der Waals surface area contributed by atoms with Crippen LogP contribution in [0, 0.1) is 6.92 Å². The summed E-state index contributed by atoms with van der Waals surface area (Å²) >= 11 is 0. The number of ether oxygens (including phenoxy) is 1. The van der Waals surface area contributed by atoms with Crippen molar-refractivity contribution >= 4 is 17.3 Å². The SMILES string of the molecule is C=C(C)C(=O)OCCCc1cc(N=Nc2ccccc2)ccc1C. The van der Waals surface area contributed by atoms with E-state index >= 15 is 0 Å². The fourth-order valence-electron chi connectivity index (χ4n) is 2.15. The highest BCUT2D eigenvalue weighted by molar-refractivity contribution is 5.86. The van der Waals surface area contributed by atoms with Crippen LogP contribution in [0.5, 0.6) is 0 Å². The van der Waals surface area contributed by atoms with E-state index in [2.05, 4.69) is 23.7 Å². The summed E-state index contributed by atoms with van der Waals surface area (Å²) in [7, 11) is 0. The van der Waals surface area contributed by atoms with E-state index in [-0.39, 0.29) is 5.97 Å². The maximum Gasteiger partial charge on any atom is 0.333 e. The van der Waals surface area contributed by atoms with E-state index in [9.17, 15) is 4.79 Å². The van der Waals surface area contributed by atoms with Crippen molar-refractivity contribution in [2.75, 3.05) is 6.61 Å². The van der Waals surface area contributed by atoms with Crippen molar-refractivity contribution in [2.45, 2.75) is 26.7 Å². The zero-order valence-corrected chi connectivity index (χ0v) is 14.2. The molecule has 4 nitrogen and oxygen atoms in total. The van der Waals surface area contributed by atoms with E-state index in [0.29, 0.717) is 12.2 Å². The molecule has 0 aliphatic heterocycles. The van der Waals surface area contributed by atoms with Crippen LogP contribution in [0.15, 0.2) is 70.9 Å². The average molecular weight is 322 g/mol. The summed E-state index contributed by atoms with van der Waals surface area (Å²) in [4.78, 5) is 11.3. The summed E-state index contributed by atoms with van der Waals surface area (Å²) in [6.07, 6.45) is 1.59. The third-order valence-corrected chi connectivity index (χ3v) is 3.54. The highest BCUT2D eigenvalue weighted by atomic mass is 16.5. The average Bonchev–Trinajstić information content (AvgIpc) is 2.59. The molecule has 0 heterocycles. The van der Waals surface area contributed by atoms with Crippen LogP contribution in [0.4, 0.5) is 11.4 Å². The molecule has 0 atom stereocenters. The molecule has 0 aliphatic carbocycles. The van der Waals surface area contributed by atoms with Crippen LogP contribution >= 0.6 is 0 Å². The topological polar surface area (TPSA) is 51.0 Å². The number of hydrogen-bond donors (Lipinski definition) is 0. The molecular formula is C20H22N2O2. The van der Waals surface area contributed by atoms with Gasteiger partial charge in [0, 0.05) is 5.57 Å². The first-order valence-electron chi connectivity index (χ1n) is 7.95. The van der Waals surface area contributed by atoms with Crippen LogP contribution in [0.2, 0.25) is 0 Å². The van der Waals surface area contributed by atoms with Crippen molar-refractivity contribution in [2.24, 2.45) is 10.2 Å². The van der Waals surface area contributed by atoms with Crippen molar-refractivity contribution in [3.63, 3.8) is 0 Å². The van der Waals surface area contributed by atoms with E-state index in [4.69, 9.17) is 4.74 Å². The van der Waals surface area contributed by atoms with Gasteiger partial charge >= 0.3 is 5.97 Å². The summed E-state index contributed by atoms with van der Waals surface area (Å²) in [6, 6.07) is 15.7. The second kappa shape index (κ2) is 8.77. The lowest BCUT2D eigenvalue weighted by Crippen LogP contribution is -2.07. The number of nitrogens with zero attached hydrogens (tertiary/aromatic N) is 2. The standard InChI is InChI=1S/C20H22N2O2/c1-15(2)20(23)24-13-7-8-17-14-19(12-11-16(17)3)22-21-18-9-5-4-6-10-18/h4-6,9-12,14H,1,7-8,13H2,2-3H3. The molecule has 2 aromatic carbocycles. The number of rotatable bonds is 7. The fraction of sp³-hybridized carbons (Fsp3) is 0.250. The third-order valence-electron chi connectivity index (χ3n) is 3.54. The largest absolute Gasteiger partial charge is 0.462 e. The van der Waals surface area contributed by atoms with Gasteiger partial charge in [-0.15, -0.1) is 0 Å². The molecule has 0 saturated heterocycles. The molecular weight excluding hydrogens is 300 g/mol. The Hall–Kier alpha value is -2.75. The lowest BCUT2D eigenvalue weighted by Gasteiger charge is -2.07. The van der Waals surface area contributed by atoms with Gasteiger partial charge in [0.15, 0.2) is 0 Å². The first kappa shape index (κ1) is 17.6. The van der Waals surface area contributed by atoms with Gasteiger partial charge in [0.05, 0.1) is 18.0 Å². The first-order chi connectivity index (χ1) is 11.6. The van der Waals surface area contributed by atoms with E-state index in [1.165, 1.54) is 11.1 Å². The Morgan fingerprint density at radius 2 is 1.79 bits per heavy atom. The monoisotopic (exact) mass is 322 g/mol. The number of carbonyl (C=O) groups excluding carboxylic acids is 1. The summed E-state index contributed by atoms with van der Waals surface area (Å²) in [6.45, 7) is 7.66. The predicted molar refractivity (Wildman–Crippen MR) is 95.9 cm³/mol. The molecule has 0 bridgehead atoms. The zero-order valence-electron chi connectivity index (χ0n) is 14.2. The van der Waals surface area contributed by atoms with E-state index in [0.717, 1.165) is 24.2 Å². The molecule has 0 fully saturated rings. The van der Waals surface area contributed by atoms with Gasteiger partial charge in [-0.25, -0.2) is 4.79 Å². The van der Waals surface area contributed by atoms with Gasteiger partial charge in [-0.3, -0.25) is 0 Å². The molecule has 2 rings (SSSR count). The van der Waals surface area contributed by atoms with Gasteiger partial charge in [-0.2, -0.15) is 10.2 Å². The summed E-state index contributed by atoms with van der Waals surface area (Å²) in [5.74, 6) is -0.336. The van der Waals surface area contributed by atoms with Crippen LogP contribution in [0.3, 0.4) is 0 Å². The Kier molecular flexibility index (Phi) is 6.43. The fourth-order valence-corrected chi connectivity index (χ4v) is 2.15. The molecule has 4 heteroatoms. The van der Waals surface area contributed by atoms with E-state index in [1.54, 1.807) is 6.92 Å². The highest BCUT2D eigenvalue weighted by Gasteiger charge is 2.04. The number of aryl methyl sites for hydroxylation is 2. The molecule has 0 amide bonds. The van der Waals surface area contributed by atoms with Gasteiger partial charge in [-0.1, -0.05) is 30.8 Å². The minimum Gasteiger partial charge on any atom is -0.462 e. The lowest BCUT2D eigenvalue weighted by atomic mass is 10.0. The molecule has 0 radical (unpaired) electrons. The maximum atomic E-state index is 11.3.